The normalized spacial score (nSPS) is 30.6. The Balaban J connectivity index is 1.49. The van der Waals surface area contributed by atoms with Crippen molar-refractivity contribution in [2.24, 2.45) is 17.8 Å². The Bertz CT molecular complexity index is 661. The number of ether oxygens (including phenoxy) is 2. The molecule has 1 aromatic carbocycles. The van der Waals surface area contributed by atoms with Gasteiger partial charge >= 0.3 is 5.97 Å². The minimum Gasteiger partial charge on any atom is -0.491 e. The first-order chi connectivity index (χ1) is 14.0. The van der Waals surface area contributed by atoms with Crippen molar-refractivity contribution >= 4 is 5.97 Å². The van der Waals surface area contributed by atoms with Crippen LogP contribution in [0.3, 0.4) is 0 Å². The molecule has 0 amide bonds. The zero-order valence-electron chi connectivity index (χ0n) is 16.7. The fraction of sp³-hybridized carbons (Fsp3) is 0.609. The molecule has 6 atom stereocenters. The van der Waals surface area contributed by atoms with Gasteiger partial charge in [0.15, 0.2) is 0 Å². The van der Waals surface area contributed by atoms with E-state index in [0.29, 0.717) is 31.1 Å². The first kappa shape index (κ1) is 21.8. The van der Waals surface area contributed by atoms with Gasteiger partial charge in [0.2, 0.25) is 0 Å². The number of para-hydroxylation sites is 1. The van der Waals surface area contributed by atoms with Gasteiger partial charge in [0.05, 0.1) is 12.2 Å². The van der Waals surface area contributed by atoms with Gasteiger partial charge < -0.3 is 24.8 Å². The van der Waals surface area contributed by atoms with E-state index in [1.165, 1.54) is 0 Å². The maximum absolute atomic E-state index is 10.7. The lowest BCUT2D eigenvalue weighted by molar-refractivity contribution is -0.137. The highest BCUT2D eigenvalue weighted by Crippen LogP contribution is 2.42. The largest absolute Gasteiger partial charge is 0.491 e. The van der Waals surface area contributed by atoms with E-state index in [1.807, 2.05) is 36.4 Å². The van der Waals surface area contributed by atoms with Crippen molar-refractivity contribution in [1.82, 2.24) is 0 Å². The number of hydrogen-bond acceptors (Lipinski definition) is 5. The molecule has 0 spiro atoms. The number of carboxylic acid groups (broad SMARTS) is 1. The highest BCUT2D eigenvalue weighted by atomic mass is 16.5. The summed E-state index contributed by atoms with van der Waals surface area (Å²) >= 11 is 0. The number of rotatable bonds is 9. The second-order valence-electron chi connectivity index (χ2n) is 8.22. The van der Waals surface area contributed by atoms with Crippen LogP contribution in [0, 0.1) is 17.8 Å². The molecule has 0 radical (unpaired) electrons. The van der Waals surface area contributed by atoms with Crippen LogP contribution in [-0.4, -0.2) is 52.8 Å². The Kier molecular flexibility index (Phi) is 8.09. The van der Waals surface area contributed by atoms with E-state index in [0.717, 1.165) is 19.3 Å². The van der Waals surface area contributed by atoms with E-state index in [-0.39, 0.29) is 31.0 Å². The van der Waals surface area contributed by atoms with Crippen LogP contribution in [0.25, 0.3) is 0 Å². The lowest BCUT2D eigenvalue weighted by Crippen LogP contribution is -2.22. The van der Waals surface area contributed by atoms with Crippen LogP contribution >= 0.6 is 0 Å². The van der Waals surface area contributed by atoms with Crippen LogP contribution in [-0.2, 0) is 9.53 Å². The van der Waals surface area contributed by atoms with Crippen LogP contribution in [0.1, 0.15) is 38.5 Å². The van der Waals surface area contributed by atoms with Crippen LogP contribution in [0.4, 0.5) is 0 Å². The van der Waals surface area contributed by atoms with E-state index in [4.69, 9.17) is 14.6 Å². The predicted molar refractivity (Wildman–Crippen MR) is 109 cm³/mol. The highest BCUT2D eigenvalue weighted by molar-refractivity contribution is 5.66. The smallest absolute Gasteiger partial charge is 0.303 e. The van der Waals surface area contributed by atoms with Gasteiger partial charge in [-0.2, -0.15) is 0 Å². The fourth-order valence-electron chi connectivity index (χ4n) is 4.50. The van der Waals surface area contributed by atoms with E-state index < -0.39 is 18.2 Å². The molecule has 1 saturated heterocycles. The SMILES string of the molecule is O=C(O)CCCC1CC[C@@H]2[C@@H](/C=C/C(O)COc3ccccc3)[C@H](O)C[C@@H]2OC1. The maximum atomic E-state index is 10.7. The molecule has 0 bridgehead atoms. The molecule has 160 valence electrons. The Morgan fingerprint density at radius 3 is 2.83 bits per heavy atom. The molecule has 1 aliphatic heterocycles. The van der Waals surface area contributed by atoms with Gasteiger partial charge in [-0.3, -0.25) is 4.79 Å². The number of benzene rings is 1. The molecular weight excluding hydrogens is 372 g/mol. The van der Waals surface area contributed by atoms with Crippen molar-refractivity contribution in [1.29, 1.82) is 0 Å². The molecule has 1 saturated carbocycles. The predicted octanol–water partition coefficient (Wildman–Crippen LogP) is 3.03. The summed E-state index contributed by atoms with van der Waals surface area (Å²) < 4.78 is 11.7. The first-order valence-electron chi connectivity index (χ1n) is 10.6. The number of carbonyl (C=O) groups is 1. The minimum absolute atomic E-state index is 0.0295. The summed E-state index contributed by atoms with van der Waals surface area (Å²) in [4.78, 5) is 10.7. The standard InChI is InChI=1S/C23H32O6/c24-17(15-28-18-6-2-1-3-7-18)10-12-19-20-11-9-16(5-4-8-23(26)27)14-29-22(20)13-21(19)25/h1-3,6-7,10,12,16-17,19-22,24-25H,4-5,8-9,11,13-15H2,(H,26,27)/b12-10+/t16?,17?,19-,20-,21-,22+/m1/s1. The monoisotopic (exact) mass is 404 g/mol. The van der Waals surface area contributed by atoms with Crippen molar-refractivity contribution in [2.75, 3.05) is 13.2 Å². The Labute approximate surface area is 172 Å². The van der Waals surface area contributed by atoms with E-state index >= 15 is 0 Å². The molecule has 2 aliphatic rings. The fourth-order valence-corrected chi connectivity index (χ4v) is 4.50. The maximum Gasteiger partial charge on any atom is 0.303 e. The summed E-state index contributed by atoms with van der Waals surface area (Å²) in [7, 11) is 0. The molecule has 1 heterocycles. The number of carboxylic acids is 1. The molecule has 1 aliphatic carbocycles. The molecule has 29 heavy (non-hydrogen) atoms. The Hall–Kier alpha value is -1.89. The lowest BCUT2D eigenvalue weighted by atomic mass is 9.86. The lowest BCUT2D eigenvalue weighted by Gasteiger charge is -2.21. The topological polar surface area (TPSA) is 96.2 Å². The summed E-state index contributed by atoms with van der Waals surface area (Å²) in [5.74, 6) is 0.537. The van der Waals surface area contributed by atoms with Gasteiger partial charge in [-0.25, -0.2) is 0 Å². The molecule has 6 heteroatoms. The van der Waals surface area contributed by atoms with Crippen LogP contribution in [0.15, 0.2) is 42.5 Å². The summed E-state index contributed by atoms with van der Waals surface area (Å²) in [5, 5.41) is 29.5. The summed E-state index contributed by atoms with van der Waals surface area (Å²) in [6.45, 7) is 0.803. The van der Waals surface area contributed by atoms with Gasteiger partial charge in [0, 0.05) is 25.4 Å². The zero-order chi connectivity index (χ0) is 20.6. The molecule has 2 fully saturated rings. The summed E-state index contributed by atoms with van der Waals surface area (Å²) in [6.07, 6.45) is 6.75. The highest BCUT2D eigenvalue weighted by Gasteiger charge is 2.43. The average molecular weight is 405 g/mol. The molecule has 3 N–H and O–H groups in total. The quantitative estimate of drug-likeness (QED) is 0.548. The van der Waals surface area contributed by atoms with Crippen LogP contribution in [0.5, 0.6) is 5.75 Å². The second-order valence-corrected chi connectivity index (χ2v) is 8.22. The number of fused-ring (bicyclic) bond motifs is 1. The van der Waals surface area contributed by atoms with Crippen LogP contribution in [0.2, 0.25) is 0 Å². The molecular formula is C23H32O6. The third kappa shape index (κ3) is 6.56. The van der Waals surface area contributed by atoms with Crippen molar-refractivity contribution in [3.05, 3.63) is 42.5 Å². The Morgan fingerprint density at radius 1 is 1.28 bits per heavy atom. The zero-order valence-corrected chi connectivity index (χ0v) is 16.7. The van der Waals surface area contributed by atoms with Crippen molar-refractivity contribution in [2.45, 2.75) is 56.8 Å². The van der Waals surface area contributed by atoms with Gasteiger partial charge in [-0.15, -0.1) is 0 Å². The minimum atomic E-state index is -0.750. The number of hydrogen-bond donors (Lipinski definition) is 3. The summed E-state index contributed by atoms with van der Waals surface area (Å²) in [5.41, 5.74) is 0. The van der Waals surface area contributed by atoms with E-state index in [9.17, 15) is 15.0 Å². The number of aliphatic hydroxyl groups is 2. The molecule has 0 aromatic heterocycles. The second kappa shape index (κ2) is 10.8. The van der Waals surface area contributed by atoms with E-state index in [2.05, 4.69) is 0 Å². The van der Waals surface area contributed by atoms with Gasteiger partial charge in [-0.1, -0.05) is 30.4 Å². The van der Waals surface area contributed by atoms with Gasteiger partial charge in [0.25, 0.3) is 0 Å². The van der Waals surface area contributed by atoms with Crippen molar-refractivity contribution < 1.29 is 29.6 Å². The molecule has 2 unspecified atom stereocenters. The molecule has 6 nitrogen and oxygen atoms in total. The third-order valence-electron chi connectivity index (χ3n) is 6.07. The van der Waals surface area contributed by atoms with Crippen LogP contribution < -0.4 is 4.74 Å². The number of aliphatic hydroxyl groups excluding tert-OH is 2. The number of aliphatic carboxylic acids is 1. The third-order valence-corrected chi connectivity index (χ3v) is 6.07. The summed E-state index contributed by atoms with van der Waals surface area (Å²) in [6, 6.07) is 9.36. The Morgan fingerprint density at radius 2 is 2.07 bits per heavy atom. The van der Waals surface area contributed by atoms with Gasteiger partial charge in [-0.05, 0) is 49.7 Å². The van der Waals surface area contributed by atoms with Crippen molar-refractivity contribution in [3.63, 3.8) is 0 Å². The van der Waals surface area contributed by atoms with Crippen molar-refractivity contribution in [3.8, 4) is 5.75 Å². The first-order valence-corrected chi connectivity index (χ1v) is 10.6. The average Bonchev–Trinajstić information content (AvgIpc) is 2.87. The van der Waals surface area contributed by atoms with E-state index in [1.54, 1.807) is 6.08 Å². The molecule has 3 rings (SSSR count). The molecule has 1 aromatic rings. The van der Waals surface area contributed by atoms with Gasteiger partial charge in [0.1, 0.15) is 18.5 Å².